The van der Waals surface area contributed by atoms with Gasteiger partial charge in [0, 0.05) is 6.04 Å². The molecule has 3 nitrogen and oxygen atoms in total. The van der Waals surface area contributed by atoms with Crippen LogP contribution in [0, 0.1) is 0 Å². The predicted octanol–water partition coefficient (Wildman–Crippen LogP) is 4.89. The topological polar surface area (TPSA) is 72.3 Å². The van der Waals surface area contributed by atoms with Crippen LogP contribution in [0.2, 0.25) is 0 Å². The molecule has 0 aromatic rings. The molecule has 0 saturated carbocycles. The van der Waals surface area contributed by atoms with Crippen molar-refractivity contribution in [2.45, 2.75) is 122 Å². The molecule has 0 aliphatic carbocycles. The van der Waals surface area contributed by atoms with Crippen LogP contribution in [0.3, 0.4) is 0 Å². The molecule has 0 aromatic heterocycles. The number of hydrogen-bond donors (Lipinski definition) is 3. The SMILES string of the molecule is CCCCCCCCCCCCCCC[C@@H](O)[C@@H](N)CCCN. The first kappa shape index (κ1) is 22.9. The molecule has 2 atom stereocenters. The maximum atomic E-state index is 9.96. The zero-order valence-corrected chi connectivity index (χ0v) is 15.8. The highest BCUT2D eigenvalue weighted by Crippen LogP contribution is 2.14. The molecule has 0 fully saturated rings. The molecule has 140 valence electrons. The first-order valence-electron chi connectivity index (χ1n) is 10.4. The molecule has 0 radical (unpaired) electrons. The van der Waals surface area contributed by atoms with Crippen LogP contribution in [0.15, 0.2) is 0 Å². The van der Waals surface area contributed by atoms with Crippen molar-refractivity contribution in [1.29, 1.82) is 0 Å². The molecule has 0 saturated heterocycles. The molecule has 0 amide bonds. The second-order valence-corrected chi connectivity index (χ2v) is 7.19. The van der Waals surface area contributed by atoms with Crippen LogP contribution in [0.25, 0.3) is 0 Å². The third kappa shape index (κ3) is 16.5. The van der Waals surface area contributed by atoms with E-state index in [-0.39, 0.29) is 12.1 Å². The van der Waals surface area contributed by atoms with E-state index in [4.69, 9.17) is 11.5 Å². The fraction of sp³-hybridized carbons (Fsp3) is 1.00. The van der Waals surface area contributed by atoms with Crippen molar-refractivity contribution in [3.8, 4) is 0 Å². The molecular weight excluding hydrogens is 284 g/mol. The quantitative estimate of drug-likeness (QED) is 0.313. The first-order chi connectivity index (χ1) is 11.2. The lowest BCUT2D eigenvalue weighted by Crippen LogP contribution is -2.35. The maximum Gasteiger partial charge on any atom is 0.0691 e. The Hall–Kier alpha value is -0.120. The Morgan fingerprint density at radius 1 is 0.652 bits per heavy atom. The summed E-state index contributed by atoms with van der Waals surface area (Å²) in [5.74, 6) is 0. The van der Waals surface area contributed by atoms with E-state index >= 15 is 0 Å². The van der Waals surface area contributed by atoms with Gasteiger partial charge in [0.2, 0.25) is 0 Å². The van der Waals surface area contributed by atoms with Crippen LogP contribution in [0.4, 0.5) is 0 Å². The minimum atomic E-state index is -0.339. The van der Waals surface area contributed by atoms with Crippen molar-refractivity contribution in [3.63, 3.8) is 0 Å². The highest BCUT2D eigenvalue weighted by molar-refractivity contribution is 4.71. The van der Waals surface area contributed by atoms with Crippen molar-refractivity contribution in [2.24, 2.45) is 11.5 Å². The minimum Gasteiger partial charge on any atom is -0.392 e. The van der Waals surface area contributed by atoms with E-state index in [1.807, 2.05) is 0 Å². The molecule has 0 aromatic carbocycles. The predicted molar refractivity (Wildman–Crippen MR) is 103 cm³/mol. The molecule has 0 aliphatic rings. The average molecular weight is 329 g/mol. The summed E-state index contributed by atoms with van der Waals surface area (Å²) in [6, 6.07) is -0.0872. The third-order valence-electron chi connectivity index (χ3n) is 4.84. The molecule has 23 heavy (non-hydrogen) atoms. The van der Waals surface area contributed by atoms with Crippen LogP contribution in [-0.4, -0.2) is 23.8 Å². The largest absolute Gasteiger partial charge is 0.392 e. The highest BCUT2D eigenvalue weighted by Gasteiger charge is 2.13. The Kier molecular flexibility index (Phi) is 18.1. The number of aliphatic hydroxyl groups is 1. The van der Waals surface area contributed by atoms with Crippen LogP contribution >= 0.6 is 0 Å². The smallest absolute Gasteiger partial charge is 0.0691 e. The van der Waals surface area contributed by atoms with Gasteiger partial charge >= 0.3 is 0 Å². The molecular formula is C20H44N2O. The summed E-state index contributed by atoms with van der Waals surface area (Å²) in [4.78, 5) is 0. The van der Waals surface area contributed by atoms with Gasteiger partial charge in [0.15, 0.2) is 0 Å². The molecule has 0 heterocycles. The van der Waals surface area contributed by atoms with Gasteiger partial charge in [0.05, 0.1) is 6.10 Å². The number of aliphatic hydroxyl groups excluding tert-OH is 1. The Morgan fingerprint density at radius 3 is 1.52 bits per heavy atom. The van der Waals surface area contributed by atoms with E-state index in [9.17, 15) is 5.11 Å². The molecule has 0 aliphatic heterocycles. The van der Waals surface area contributed by atoms with E-state index < -0.39 is 0 Å². The van der Waals surface area contributed by atoms with Gasteiger partial charge in [-0.25, -0.2) is 0 Å². The Labute approximate surface area is 145 Å². The van der Waals surface area contributed by atoms with Gasteiger partial charge in [-0.1, -0.05) is 90.4 Å². The normalized spacial score (nSPS) is 14.1. The van der Waals surface area contributed by atoms with Crippen molar-refractivity contribution < 1.29 is 5.11 Å². The number of hydrogen-bond acceptors (Lipinski definition) is 3. The lowest BCUT2D eigenvalue weighted by molar-refractivity contribution is 0.127. The molecule has 0 rings (SSSR count). The van der Waals surface area contributed by atoms with E-state index in [1.54, 1.807) is 0 Å². The Morgan fingerprint density at radius 2 is 1.09 bits per heavy atom. The zero-order chi connectivity index (χ0) is 17.2. The summed E-state index contributed by atoms with van der Waals surface area (Å²) in [5, 5.41) is 9.96. The van der Waals surface area contributed by atoms with Crippen molar-refractivity contribution >= 4 is 0 Å². The summed E-state index contributed by atoms with van der Waals surface area (Å²) in [7, 11) is 0. The van der Waals surface area contributed by atoms with Crippen molar-refractivity contribution in [3.05, 3.63) is 0 Å². The molecule has 5 N–H and O–H groups in total. The second-order valence-electron chi connectivity index (χ2n) is 7.19. The summed E-state index contributed by atoms with van der Waals surface area (Å²) >= 11 is 0. The van der Waals surface area contributed by atoms with E-state index in [1.165, 1.54) is 77.0 Å². The van der Waals surface area contributed by atoms with E-state index in [0.717, 1.165) is 25.7 Å². The van der Waals surface area contributed by atoms with Gasteiger partial charge in [-0.05, 0) is 25.8 Å². The van der Waals surface area contributed by atoms with Gasteiger partial charge in [-0.2, -0.15) is 0 Å². The molecule has 3 heteroatoms. The van der Waals surface area contributed by atoms with Crippen LogP contribution < -0.4 is 11.5 Å². The van der Waals surface area contributed by atoms with Crippen LogP contribution in [0.1, 0.15) is 110 Å². The van der Waals surface area contributed by atoms with Crippen molar-refractivity contribution in [1.82, 2.24) is 0 Å². The van der Waals surface area contributed by atoms with Crippen LogP contribution in [0.5, 0.6) is 0 Å². The number of rotatable bonds is 18. The second kappa shape index (κ2) is 18.2. The van der Waals surface area contributed by atoms with Gasteiger partial charge in [0.1, 0.15) is 0 Å². The Bertz CT molecular complexity index is 224. The third-order valence-corrected chi connectivity index (χ3v) is 4.84. The molecule has 0 spiro atoms. The standard InChI is InChI=1S/C20H44N2O/c1-2-3-4-5-6-7-8-9-10-11-12-13-14-17-20(23)19(22)16-15-18-21/h19-20,23H,2-18,21-22H2,1H3/t19-,20+/m0/s1. The number of unbranched alkanes of at least 4 members (excludes halogenated alkanes) is 12. The maximum absolute atomic E-state index is 9.96. The fourth-order valence-electron chi connectivity index (χ4n) is 3.13. The van der Waals surface area contributed by atoms with E-state index in [2.05, 4.69) is 6.92 Å². The van der Waals surface area contributed by atoms with E-state index in [0.29, 0.717) is 6.54 Å². The zero-order valence-electron chi connectivity index (χ0n) is 15.8. The lowest BCUT2D eigenvalue weighted by Gasteiger charge is -2.18. The van der Waals surface area contributed by atoms with Crippen molar-refractivity contribution in [2.75, 3.05) is 6.54 Å². The van der Waals surface area contributed by atoms with Gasteiger partial charge < -0.3 is 16.6 Å². The van der Waals surface area contributed by atoms with Gasteiger partial charge in [-0.3, -0.25) is 0 Å². The fourth-order valence-corrected chi connectivity index (χ4v) is 3.13. The van der Waals surface area contributed by atoms with Gasteiger partial charge in [-0.15, -0.1) is 0 Å². The molecule has 0 bridgehead atoms. The minimum absolute atomic E-state index is 0.0872. The summed E-state index contributed by atoms with van der Waals surface area (Å²) in [5.41, 5.74) is 11.4. The van der Waals surface area contributed by atoms with Gasteiger partial charge in [0.25, 0.3) is 0 Å². The summed E-state index contributed by atoms with van der Waals surface area (Å²) in [6.45, 7) is 2.94. The summed E-state index contributed by atoms with van der Waals surface area (Å²) < 4.78 is 0. The average Bonchev–Trinajstić information content (AvgIpc) is 2.56. The number of nitrogens with two attached hydrogens (primary N) is 2. The monoisotopic (exact) mass is 328 g/mol. The highest BCUT2D eigenvalue weighted by atomic mass is 16.3. The first-order valence-corrected chi connectivity index (χ1v) is 10.4. The molecule has 0 unspecified atom stereocenters. The summed E-state index contributed by atoms with van der Waals surface area (Å²) in [6.07, 6.45) is 19.9. The lowest BCUT2D eigenvalue weighted by atomic mass is 9.99. The Balaban J connectivity index is 3.18. The van der Waals surface area contributed by atoms with Crippen LogP contribution in [-0.2, 0) is 0 Å².